The van der Waals surface area contributed by atoms with Gasteiger partial charge in [-0.15, -0.1) is 0 Å². The van der Waals surface area contributed by atoms with E-state index in [0.717, 1.165) is 32.1 Å². The van der Waals surface area contributed by atoms with Gasteiger partial charge < -0.3 is 56.9 Å². The molecule has 19 nitrogen and oxygen atoms in total. The molecule has 0 aromatic carbocycles. The third-order valence-corrected chi connectivity index (χ3v) is 24.6. The molecule has 0 heterocycles. The van der Waals surface area contributed by atoms with Gasteiger partial charge >= 0.3 is 0 Å². The molecule has 19 heteroatoms. The fourth-order valence-corrected chi connectivity index (χ4v) is 16.6. The number of carbonyl (C=O) groups is 8. The van der Waals surface area contributed by atoms with E-state index in [-0.39, 0.29) is 107 Å². The lowest BCUT2D eigenvalue weighted by Crippen LogP contribution is -2.47. The maximum Gasteiger partial charge on any atom is 0.246 e. The van der Waals surface area contributed by atoms with Gasteiger partial charge in [-0.1, -0.05) is 504 Å². The lowest BCUT2D eigenvalue weighted by molar-refractivity contribution is -0.137. The average molecular weight is 1790 g/mol. The molecule has 0 aliphatic heterocycles. The molecule has 0 bridgehead atoms. The van der Waals surface area contributed by atoms with Crippen LogP contribution in [-0.2, 0) is 47.8 Å². The number of amides is 8. The van der Waals surface area contributed by atoms with Crippen LogP contribution in [-0.4, -0.2) is 160 Å². The third-order valence-electron chi connectivity index (χ3n) is 24.6. The van der Waals surface area contributed by atoms with Crippen molar-refractivity contribution < 1.29 is 47.8 Å². The molecule has 0 atom stereocenters. The van der Waals surface area contributed by atoms with E-state index in [9.17, 15) is 38.4 Å². The molecule has 126 heavy (non-hydrogen) atoms. The first-order chi connectivity index (χ1) is 61.7. The Hall–Kier alpha value is -4.36. The summed E-state index contributed by atoms with van der Waals surface area (Å²) in [5, 5.41) is 11.2. The minimum atomic E-state index is -0.545. The Kier molecular flexibility index (Phi) is 107. The van der Waals surface area contributed by atoms with Crippen molar-refractivity contribution in [3.8, 4) is 0 Å². The van der Waals surface area contributed by atoms with Crippen molar-refractivity contribution in [1.29, 1.82) is 0 Å². The number of hydrogen-bond donors (Lipinski definition) is 6. The maximum absolute atomic E-state index is 12.7. The average Bonchev–Trinajstić information content (AvgIpc) is 0.925. The van der Waals surface area contributed by atoms with Gasteiger partial charge in [0.15, 0.2) is 0 Å². The number of nitrogens with two attached hydrogens (primary N) is 2. The highest BCUT2D eigenvalue weighted by molar-refractivity contribution is 5.86. The van der Waals surface area contributed by atoms with E-state index in [0.29, 0.717) is 52.2 Å². The second-order valence-corrected chi connectivity index (χ2v) is 37.0. The lowest BCUT2D eigenvalue weighted by atomic mass is 10.0. The highest BCUT2D eigenvalue weighted by Gasteiger charge is 2.20. The van der Waals surface area contributed by atoms with Crippen LogP contribution in [0.25, 0.3) is 0 Å². The zero-order chi connectivity index (χ0) is 92.6. The molecular weight excluding hydrogens is 1570 g/mol. The molecule has 0 rings (SSSR count). The van der Waals surface area contributed by atoms with E-state index in [1.807, 2.05) is 0 Å². The van der Waals surface area contributed by atoms with E-state index in [1.165, 1.54) is 451 Å². The molecule has 746 valence electrons. The second-order valence-electron chi connectivity index (χ2n) is 37.0. The smallest absolute Gasteiger partial charge is 0.246 e. The Morgan fingerprint density at radius 2 is 0.429 bits per heavy atom. The second kappa shape index (κ2) is 108. The van der Waals surface area contributed by atoms with Crippen molar-refractivity contribution in [2.75, 3.05) is 98.4 Å². The lowest BCUT2D eigenvalue weighted by Gasteiger charge is -2.24. The molecule has 0 aromatic rings. The zero-order valence-corrected chi connectivity index (χ0v) is 84.6. The summed E-state index contributed by atoms with van der Waals surface area (Å²) in [5.41, 5.74) is 10.6. The Labute approximate surface area is 779 Å². The number of nitrogens with zero attached hydrogens (tertiary/aromatic N) is 3. The summed E-state index contributed by atoms with van der Waals surface area (Å²) in [4.78, 5) is 102. The number of unbranched alkanes of at least 4 members (excludes halogenated alkanes) is 70. The quantitative estimate of drug-likeness (QED) is 0.0312. The Morgan fingerprint density at radius 3 is 0.659 bits per heavy atom. The van der Waals surface area contributed by atoms with Crippen LogP contribution in [0, 0.1) is 0 Å². The van der Waals surface area contributed by atoms with Gasteiger partial charge in [0.2, 0.25) is 47.3 Å². The molecule has 0 saturated heterocycles. The van der Waals surface area contributed by atoms with Crippen LogP contribution in [0.3, 0.4) is 0 Å². The first-order valence-electron chi connectivity index (χ1n) is 54.7. The van der Waals surface area contributed by atoms with Crippen molar-refractivity contribution in [3.05, 3.63) is 0 Å². The van der Waals surface area contributed by atoms with Crippen LogP contribution in [0.15, 0.2) is 0 Å². The van der Waals surface area contributed by atoms with Crippen molar-refractivity contribution >= 4 is 47.3 Å². The predicted molar refractivity (Wildman–Crippen MR) is 537 cm³/mol. The van der Waals surface area contributed by atoms with E-state index >= 15 is 0 Å². The van der Waals surface area contributed by atoms with E-state index in [4.69, 9.17) is 20.9 Å². The third kappa shape index (κ3) is 102. The highest BCUT2D eigenvalue weighted by Crippen LogP contribution is 2.22. The van der Waals surface area contributed by atoms with Gasteiger partial charge in [0.05, 0.1) is 39.5 Å². The predicted octanol–water partition coefficient (Wildman–Crippen LogP) is 26.6. The summed E-state index contributed by atoms with van der Waals surface area (Å²) >= 11 is 0. The maximum atomic E-state index is 12.7. The summed E-state index contributed by atoms with van der Waals surface area (Å²) in [6, 6.07) is 0. The van der Waals surface area contributed by atoms with Gasteiger partial charge in [0.1, 0.15) is 6.61 Å². The molecule has 0 aliphatic carbocycles. The molecule has 0 aromatic heterocycles. The van der Waals surface area contributed by atoms with Crippen molar-refractivity contribution in [3.63, 3.8) is 0 Å². The number of nitrogens with one attached hydrogen (secondary N) is 4. The van der Waals surface area contributed by atoms with E-state index in [2.05, 4.69) is 49.0 Å². The Bertz CT molecular complexity index is 2280. The molecule has 0 radical (unpaired) electrons. The molecule has 0 aliphatic rings. The van der Waals surface area contributed by atoms with Crippen molar-refractivity contribution in [1.82, 2.24) is 36.0 Å². The van der Waals surface area contributed by atoms with Gasteiger partial charge in [-0.2, -0.15) is 0 Å². The van der Waals surface area contributed by atoms with Gasteiger partial charge in [0.25, 0.3) is 0 Å². The summed E-state index contributed by atoms with van der Waals surface area (Å²) in [5.74, 6) is -2.04. The summed E-state index contributed by atoms with van der Waals surface area (Å²) < 4.78 is 10.5. The van der Waals surface area contributed by atoms with Gasteiger partial charge in [-0.3, -0.25) is 38.4 Å². The standard InChI is InChI=1S/C63H121N9O10.C41H84.C3H8/c1-4-61(78)70(52-56(65)73)46-43-67-57(74)40-38-36-34-32-30-28-26-24-22-20-18-16-14-12-10-8-7-9-11-13-15-17-19-21-23-25-27-29-31-33-35-37-39-42-66-58(75)53-71(62(79)5-2)47-44-68-59(76)54-72(63(80)6-3)48-45-69-60(77)55-82-51-50-81-49-41-64;1-3-5-7-9-11-13-15-17-19-21-23-25-27-29-31-33-35-37-39-41-40-38-36-34-32-30-28-26-24-22-20-18-16-14-12-10-8-6-4-2;1-3-2/h4-55,64H2,1-3H3,(H2,65,73)(H,66,75)(H,67,74)(H,68,76)(H,69,77);3-41H2,1-2H3;3H2,1-2H3. The van der Waals surface area contributed by atoms with Crippen LogP contribution in [0.1, 0.15) is 543 Å². The fraction of sp³-hybridized carbons (Fsp3) is 0.925. The normalized spacial score (nSPS) is 11.1. The van der Waals surface area contributed by atoms with Crippen molar-refractivity contribution in [2.24, 2.45) is 11.5 Å². The minimum absolute atomic E-state index is 0.00110. The Balaban J connectivity index is -0.00000286. The first-order valence-corrected chi connectivity index (χ1v) is 54.7. The van der Waals surface area contributed by atoms with Crippen LogP contribution < -0.4 is 32.7 Å². The molecule has 8 N–H and O–H groups in total. The van der Waals surface area contributed by atoms with Gasteiger partial charge in [-0.05, 0) is 12.8 Å². The number of carbonyl (C=O) groups excluding carboxylic acids is 8. The highest BCUT2D eigenvalue weighted by atomic mass is 16.5. The van der Waals surface area contributed by atoms with Crippen LogP contribution >= 0.6 is 0 Å². The van der Waals surface area contributed by atoms with Gasteiger partial charge in [0, 0.05) is 78.0 Å². The number of hydrogen-bond acceptors (Lipinski definition) is 11. The number of primary amides is 1. The topological polar surface area (TPSA) is 265 Å². The molecule has 0 fully saturated rings. The monoisotopic (exact) mass is 1780 g/mol. The molecule has 8 amide bonds. The molecular formula is C107H213N9O10. The number of rotatable bonds is 99. The van der Waals surface area contributed by atoms with Crippen LogP contribution in [0.5, 0.6) is 0 Å². The van der Waals surface area contributed by atoms with E-state index < -0.39 is 11.8 Å². The minimum Gasteiger partial charge on any atom is -0.378 e. The van der Waals surface area contributed by atoms with Crippen LogP contribution in [0.4, 0.5) is 0 Å². The molecule has 0 saturated carbocycles. The summed E-state index contributed by atoms with van der Waals surface area (Å²) in [6.45, 7) is 16.8. The van der Waals surface area contributed by atoms with Crippen molar-refractivity contribution in [2.45, 2.75) is 543 Å². The first kappa shape index (κ1) is 126. The molecule has 0 unspecified atom stereocenters. The fourth-order valence-electron chi connectivity index (χ4n) is 16.6. The summed E-state index contributed by atoms with van der Waals surface area (Å²) in [6.07, 6.45) is 103. The number of ether oxygens (including phenoxy) is 2. The summed E-state index contributed by atoms with van der Waals surface area (Å²) in [7, 11) is 0. The van der Waals surface area contributed by atoms with Crippen LogP contribution in [0.2, 0.25) is 0 Å². The molecule has 0 spiro atoms. The van der Waals surface area contributed by atoms with E-state index in [1.54, 1.807) is 20.8 Å². The van der Waals surface area contributed by atoms with Gasteiger partial charge in [-0.25, -0.2) is 0 Å². The SMILES string of the molecule is CCC.CCC(=O)N(CCNC(=O)CCCCCCCCCCCCCCCCCCCCCCCCCCCCCCCCCCCNC(=O)CN(CCNC(=O)CN(CCNC(=O)COCCOCCN)C(=O)CC)C(=O)CC)CC(N)=O.CCCCCCCCCCCCCCCCCCCCCCCCCCCCCCCCCCCCCCCCC. The zero-order valence-electron chi connectivity index (χ0n) is 84.6. The largest absolute Gasteiger partial charge is 0.378 e. The Morgan fingerprint density at radius 1 is 0.230 bits per heavy atom.